The molecule has 156 valence electrons. The molecule has 0 bridgehead atoms. The Balaban J connectivity index is 1.37. The van der Waals surface area contributed by atoms with Gasteiger partial charge in [0.05, 0.1) is 12.7 Å². The number of quaternary nitrogens is 1. The van der Waals surface area contributed by atoms with Crippen LogP contribution in [-0.4, -0.2) is 31.3 Å². The van der Waals surface area contributed by atoms with Crippen LogP contribution in [0.5, 0.6) is 11.5 Å². The molecule has 4 rings (SSSR count). The summed E-state index contributed by atoms with van der Waals surface area (Å²) < 4.78 is 10.8. The standard InChI is InChI=1S/C23H25N3O3S/c1-14-7-15(2)23(16(3)8-14)25-21(27)10-26(4)11-22-24-18(12-30-22)17-5-6-19-20(9-17)29-13-28-19/h5-9,12H,10-11,13H2,1-4H3,(H,25,27)/p+1. The van der Waals surface area contributed by atoms with E-state index >= 15 is 0 Å². The highest BCUT2D eigenvalue weighted by atomic mass is 32.1. The second-order valence-electron chi connectivity index (χ2n) is 7.83. The van der Waals surface area contributed by atoms with E-state index in [9.17, 15) is 4.79 Å². The number of anilines is 1. The number of amides is 1. The van der Waals surface area contributed by atoms with Gasteiger partial charge in [-0.1, -0.05) is 17.7 Å². The molecule has 1 unspecified atom stereocenters. The highest BCUT2D eigenvalue weighted by Crippen LogP contribution is 2.36. The highest BCUT2D eigenvalue weighted by Gasteiger charge is 2.17. The van der Waals surface area contributed by atoms with Crippen LogP contribution >= 0.6 is 11.3 Å². The molecule has 1 amide bonds. The first-order valence-corrected chi connectivity index (χ1v) is 10.8. The maximum atomic E-state index is 12.6. The predicted octanol–water partition coefficient (Wildman–Crippen LogP) is 3.12. The fraction of sp³-hybridized carbons (Fsp3) is 0.304. The number of hydrogen-bond acceptors (Lipinski definition) is 5. The van der Waals surface area contributed by atoms with Crippen LogP contribution in [0.4, 0.5) is 5.69 Å². The van der Waals surface area contributed by atoms with E-state index in [0.29, 0.717) is 13.1 Å². The maximum Gasteiger partial charge on any atom is 0.279 e. The number of nitrogens with zero attached hydrogens (tertiary/aromatic N) is 1. The van der Waals surface area contributed by atoms with Gasteiger partial charge in [0.25, 0.3) is 5.91 Å². The number of fused-ring (bicyclic) bond motifs is 1. The minimum absolute atomic E-state index is 0.00936. The quantitative estimate of drug-likeness (QED) is 0.638. The second-order valence-corrected chi connectivity index (χ2v) is 8.77. The first-order valence-electron chi connectivity index (χ1n) is 9.92. The van der Waals surface area contributed by atoms with Crippen LogP contribution in [0.25, 0.3) is 11.3 Å². The van der Waals surface area contributed by atoms with Crippen LogP contribution in [0.3, 0.4) is 0 Å². The van der Waals surface area contributed by atoms with Crippen LogP contribution in [0, 0.1) is 20.8 Å². The smallest absolute Gasteiger partial charge is 0.279 e. The number of thiazole rings is 1. The molecule has 1 aromatic heterocycles. The monoisotopic (exact) mass is 424 g/mol. The summed E-state index contributed by atoms with van der Waals surface area (Å²) >= 11 is 1.61. The van der Waals surface area contributed by atoms with E-state index in [0.717, 1.165) is 49.5 Å². The van der Waals surface area contributed by atoms with Crippen molar-refractivity contribution in [1.29, 1.82) is 0 Å². The van der Waals surface area contributed by atoms with E-state index in [1.165, 1.54) is 5.56 Å². The summed E-state index contributed by atoms with van der Waals surface area (Å²) in [4.78, 5) is 18.4. The molecule has 1 aliphatic heterocycles. The maximum absolute atomic E-state index is 12.6. The van der Waals surface area contributed by atoms with Gasteiger partial charge in [-0.2, -0.15) is 0 Å². The molecule has 2 aromatic carbocycles. The topological polar surface area (TPSA) is 64.9 Å². The van der Waals surface area contributed by atoms with E-state index in [1.54, 1.807) is 11.3 Å². The van der Waals surface area contributed by atoms with Gasteiger partial charge in [0.15, 0.2) is 18.0 Å². The van der Waals surface area contributed by atoms with E-state index in [2.05, 4.69) is 24.4 Å². The van der Waals surface area contributed by atoms with Gasteiger partial charge in [-0.15, -0.1) is 11.3 Å². The number of hydrogen-bond donors (Lipinski definition) is 2. The molecule has 1 atom stereocenters. The van der Waals surface area contributed by atoms with Crippen molar-refractivity contribution in [3.05, 3.63) is 57.4 Å². The summed E-state index contributed by atoms with van der Waals surface area (Å²) in [6.07, 6.45) is 0. The lowest BCUT2D eigenvalue weighted by atomic mass is 10.1. The molecule has 2 N–H and O–H groups in total. The van der Waals surface area contributed by atoms with E-state index < -0.39 is 0 Å². The Morgan fingerprint density at radius 3 is 2.63 bits per heavy atom. The number of likely N-dealkylation sites (N-methyl/N-ethyl adjacent to an activating group) is 1. The van der Waals surface area contributed by atoms with Gasteiger partial charge < -0.3 is 19.7 Å². The molecule has 3 aromatic rings. The molecular formula is C23H26N3O3S+. The molecule has 6 nitrogen and oxygen atoms in total. The Labute approximate surface area is 180 Å². The summed E-state index contributed by atoms with van der Waals surface area (Å²) in [6.45, 7) is 7.45. The summed E-state index contributed by atoms with van der Waals surface area (Å²) in [5.74, 6) is 1.53. The molecule has 30 heavy (non-hydrogen) atoms. The first kappa shape index (κ1) is 20.4. The number of aromatic nitrogens is 1. The third kappa shape index (κ3) is 4.47. The number of carbonyl (C=O) groups excluding carboxylic acids is 1. The van der Waals surface area contributed by atoms with Gasteiger partial charge in [0.2, 0.25) is 6.79 Å². The zero-order valence-corrected chi connectivity index (χ0v) is 18.5. The Morgan fingerprint density at radius 2 is 1.87 bits per heavy atom. The lowest BCUT2D eigenvalue weighted by Gasteiger charge is -2.15. The van der Waals surface area contributed by atoms with E-state index in [1.807, 2.05) is 44.5 Å². The summed E-state index contributed by atoms with van der Waals surface area (Å²) in [6, 6.07) is 10.0. The lowest BCUT2D eigenvalue weighted by Crippen LogP contribution is -3.08. The first-order chi connectivity index (χ1) is 14.4. The molecule has 1 aliphatic rings. The van der Waals surface area contributed by atoms with Gasteiger partial charge in [-0.05, 0) is 50.1 Å². The van der Waals surface area contributed by atoms with Gasteiger partial charge in [-0.3, -0.25) is 4.79 Å². The van der Waals surface area contributed by atoms with Crippen molar-refractivity contribution in [2.45, 2.75) is 27.3 Å². The fourth-order valence-electron chi connectivity index (χ4n) is 3.74. The number of rotatable bonds is 6. The Hall–Kier alpha value is -2.90. The fourth-order valence-corrected chi connectivity index (χ4v) is 4.65. The van der Waals surface area contributed by atoms with Crippen molar-refractivity contribution >= 4 is 22.9 Å². The van der Waals surface area contributed by atoms with Gasteiger partial charge in [-0.25, -0.2) is 4.98 Å². The zero-order chi connectivity index (χ0) is 21.3. The van der Waals surface area contributed by atoms with Gasteiger partial charge in [0.1, 0.15) is 11.6 Å². The van der Waals surface area contributed by atoms with Crippen molar-refractivity contribution in [3.63, 3.8) is 0 Å². The zero-order valence-electron chi connectivity index (χ0n) is 17.7. The average molecular weight is 425 g/mol. The van der Waals surface area contributed by atoms with Crippen molar-refractivity contribution < 1.29 is 19.2 Å². The number of benzene rings is 2. The molecule has 0 spiro atoms. The predicted molar refractivity (Wildman–Crippen MR) is 118 cm³/mol. The van der Waals surface area contributed by atoms with E-state index in [-0.39, 0.29) is 12.7 Å². The lowest BCUT2D eigenvalue weighted by molar-refractivity contribution is -0.885. The Bertz CT molecular complexity index is 1070. The Kier molecular flexibility index (Phi) is 5.74. The molecule has 0 fully saturated rings. The molecule has 0 radical (unpaired) electrons. The number of ether oxygens (including phenoxy) is 2. The second kappa shape index (κ2) is 8.45. The van der Waals surface area contributed by atoms with Crippen molar-refractivity contribution in [3.8, 4) is 22.8 Å². The summed E-state index contributed by atoms with van der Waals surface area (Å²) in [7, 11) is 2.01. The van der Waals surface area contributed by atoms with Crippen LogP contribution < -0.4 is 19.7 Å². The average Bonchev–Trinajstić information content (AvgIpc) is 3.33. The number of aryl methyl sites for hydroxylation is 3. The summed E-state index contributed by atoms with van der Waals surface area (Å²) in [5.41, 5.74) is 6.21. The van der Waals surface area contributed by atoms with Crippen molar-refractivity contribution in [2.24, 2.45) is 0 Å². The molecule has 7 heteroatoms. The highest BCUT2D eigenvalue weighted by molar-refractivity contribution is 7.09. The van der Waals surface area contributed by atoms with Crippen LogP contribution in [0.1, 0.15) is 21.7 Å². The SMILES string of the molecule is Cc1cc(C)c(NC(=O)C[NH+](C)Cc2nc(-c3ccc4c(c3)OCO4)cs2)c(C)c1. The molecule has 0 aliphatic carbocycles. The largest absolute Gasteiger partial charge is 0.454 e. The van der Waals surface area contributed by atoms with Crippen LogP contribution in [-0.2, 0) is 11.3 Å². The van der Waals surface area contributed by atoms with Crippen molar-refractivity contribution in [1.82, 2.24) is 4.98 Å². The molecular weight excluding hydrogens is 398 g/mol. The molecule has 0 saturated carbocycles. The minimum Gasteiger partial charge on any atom is -0.454 e. The van der Waals surface area contributed by atoms with Gasteiger partial charge >= 0.3 is 0 Å². The molecule has 2 heterocycles. The summed E-state index contributed by atoms with van der Waals surface area (Å²) in [5, 5.41) is 6.11. The third-order valence-corrected chi connectivity index (χ3v) is 5.93. The van der Waals surface area contributed by atoms with Crippen LogP contribution in [0.2, 0.25) is 0 Å². The molecule has 0 saturated heterocycles. The minimum atomic E-state index is 0.00936. The number of nitrogens with one attached hydrogen (secondary N) is 2. The van der Waals surface area contributed by atoms with Crippen molar-refractivity contribution in [2.75, 3.05) is 25.7 Å². The third-order valence-electron chi connectivity index (χ3n) is 5.08. The van der Waals surface area contributed by atoms with E-state index in [4.69, 9.17) is 14.5 Å². The van der Waals surface area contributed by atoms with Crippen LogP contribution in [0.15, 0.2) is 35.7 Å². The Morgan fingerprint density at radius 1 is 1.13 bits per heavy atom. The number of carbonyl (C=O) groups is 1. The normalized spacial score (nSPS) is 13.3. The van der Waals surface area contributed by atoms with Gasteiger partial charge in [0, 0.05) is 16.6 Å².